The van der Waals surface area contributed by atoms with Crippen LogP contribution in [0.2, 0.25) is 0 Å². The fourth-order valence-electron chi connectivity index (χ4n) is 1.93. The van der Waals surface area contributed by atoms with E-state index in [1.165, 1.54) is 13.2 Å². The number of rotatable bonds is 4. The predicted octanol–water partition coefficient (Wildman–Crippen LogP) is 3.18. The number of nitrogens with zero attached hydrogens (tertiary/aromatic N) is 1. The molecular formula is C17H15N3O3. The van der Waals surface area contributed by atoms with E-state index in [0.29, 0.717) is 23.4 Å². The number of ether oxygens (including phenoxy) is 1. The minimum atomic E-state index is -0.470. The van der Waals surface area contributed by atoms with Crippen LogP contribution in [0.3, 0.4) is 0 Å². The first-order valence-corrected chi connectivity index (χ1v) is 6.84. The maximum absolute atomic E-state index is 12.0. The van der Waals surface area contributed by atoms with E-state index < -0.39 is 12.0 Å². The van der Waals surface area contributed by atoms with Crippen molar-refractivity contribution in [2.24, 2.45) is 0 Å². The summed E-state index contributed by atoms with van der Waals surface area (Å²) < 4.78 is 4.63. The SMILES string of the molecule is COC(=O)c1cccc(NC(=O)Nc2ccc(CC#N)cc2)c1. The summed E-state index contributed by atoms with van der Waals surface area (Å²) in [5.41, 5.74) is 2.32. The Labute approximate surface area is 133 Å². The third kappa shape index (κ3) is 4.58. The maximum Gasteiger partial charge on any atom is 0.337 e. The van der Waals surface area contributed by atoms with Crippen molar-refractivity contribution < 1.29 is 14.3 Å². The van der Waals surface area contributed by atoms with Crippen LogP contribution < -0.4 is 10.6 Å². The molecule has 0 radical (unpaired) electrons. The third-order valence-corrected chi connectivity index (χ3v) is 3.04. The van der Waals surface area contributed by atoms with Crippen molar-refractivity contribution in [3.8, 4) is 6.07 Å². The average Bonchev–Trinajstić information content (AvgIpc) is 2.56. The van der Waals surface area contributed by atoms with Crippen LogP contribution in [0.5, 0.6) is 0 Å². The fraction of sp³-hybridized carbons (Fsp3) is 0.118. The lowest BCUT2D eigenvalue weighted by molar-refractivity contribution is 0.0600. The van der Waals surface area contributed by atoms with Crippen LogP contribution in [0.1, 0.15) is 15.9 Å². The van der Waals surface area contributed by atoms with Gasteiger partial charge in [-0.3, -0.25) is 0 Å². The highest BCUT2D eigenvalue weighted by Gasteiger charge is 2.08. The number of hydrogen-bond acceptors (Lipinski definition) is 4. The van der Waals surface area contributed by atoms with Gasteiger partial charge >= 0.3 is 12.0 Å². The van der Waals surface area contributed by atoms with E-state index >= 15 is 0 Å². The van der Waals surface area contributed by atoms with Crippen LogP contribution in [0.15, 0.2) is 48.5 Å². The molecule has 0 unspecified atom stereocenters. The Morgan fingerprint density at radius 1 is 1.09 bits per heavy atom. The molecule has 6 heteroatoms. The Morgan fingerprint density at radius 3 is 2.43 bits per heavy atom. The number of nitriles is 1. The van der Waals surface area contributed by atoms with E-state index in [1.807, 2.05) is 0 Å². The number of nitrogens with one attached hydrogen (secondary N) is 2. The largest absolute Gasteiger partial charge is 0.465 e. The van der Waals surface area contributed by atoms with Gasteiger partial charge in [-0.15, -0.1) is 0 Å². The van der Waals surface area contributed by atoms with E-state index in [4.69, 9.17) is 5.26 Å². The molecule has 0 heterocycles. The summed E-state index contributed by atoms with van der Waals surface area (Å²) in [6.07, 6.45) is 0.326. The Bertz CT molecular complexity index is 748. The number of carbonyl (C=O) groups excluding carboxylic acids is 2. The second-order valence-electron chi connectivity index (χ2n) is 4.68. The van der Waals surface area contributed by atoms with E-state index in [2.05, 4.69) is 21.4 Å². The van der Waals surface area contributed by atoms with Crippen molar-refractivity contribution >= 4 is 23.4 Å². The zero-order valence-corrected chi connectivity index (χ0v) is 12.5. The zero-order valence-electron chi connectivity index (χ0n) is 12.5. The van der Waals surface area contributed by atoms with Crippen molar-refractivity contribution in [2.45, 2.75) is 6.42 Å². The molecule has 0 atom stereocenters. The summed E-state index contributed by atoms with van der Waals surface area (Å²) in [5.74, 6) is -0.470. The molecule has 2 aromatic carbocycles. The lowest BCUT2D eigenvalue weighted by Gasteiger charge is -2.09. The van der Waals surface area contributed by atoms with Gasteiger partial charge in [-0.05, 0) is 35.9 Å². The van der Waals surface area contributed by atoms with Gasteiger partial charge in [-0.2, -0.15) is 5.26 Å². The number of carbonyl (C=O) groups is 2. The predicted molar refractivity (Wildman–Crippen MR) is 86.2 cm³/mol. The molecule has 0 fully saturated rings. The molecule has 2 rings (SSSR count). The summed E-state index contributed by atoms with van der Waals surface area (Å²) in [4.78, 5) is 23.4. The highest BCUT2D eigenvalue weighted by Crippen LogP contribution is 2.13. The summed E-state index contributed by atoms with van der Waals surface area (Å²) in [6, 6.07) is 15.1. The Kier molecular flexibility index (Phi) is 5.31. The monoisotopic (exact) mass is 309 g/mol. The molecule has 0 spiro atoms. The number of esters is 1. The number of urea groups is 1. The van der Waals surface area contributed by atoms with Crippen molar-refractivity contribution in [1.29, 1.82) is 5.26 Å². The topological polar surface area (TPSA) is 91.2 Å². The van der Waals surface area contributed by atoms with E-state index in [0.717, 1.165) is 5.56 Å². The highest BCUT2D eigenvalue weighted by molar-refractivity contribution is 6.00. The molecule has 2 aromatic rings. The van der Waals surface area contributed by atoms with E-state index in [9.17, 15) is 9.59 Å². The lowest BCUT2D eigenvalue weighted by Crippen LogP contribution is -2.19. The molecule has 0 saturated carbocycles. The molecule has 0 bridgehead atoms. The van der Waals surface area contributed by atoms with Crippen LogP contribution in [0, 0.1) is 11.3 Å². The van der Waals surface area contributed by atoms with Gasteiger partial charge in [0.1, 0.15) is 0 Å². The minimum absolute atomic E-state index is 0.326. The summed E-state index contributed by atoms with van der Waals surface area (Å²) >= 11 is 0. The van der Waals surface area contributed by atoms with Crippen molar-refractivity contribution in [2.75, 3.05) is 17.7 Å². The standard InChI is InChI=1S/C17H15N3O3/c1-23-16(21)13-3-2-4-15(11-13)20-17(22)19-14-7-5-12(6-8-14)9-10-18/h2-8,11H,9H2,1H3,(H2,19,20,22). The van der Waals surface area contributed by atoms with Gasteiger partial charge in [-0.1, -0.05) is 18.2 Å². The smallest absolute Gasteiger partial charge is 0.337 e. The summed E-state index contributed by atoms with van der Waals surface area (Å²) in [6.45, 7) is 0. The van der Waals surface area contributed by atoms with Crippen LogP contribution in [0.25, 0.3) is 0 Å². The van der Waals surface area contributed by atoms with Crippen LogP contribution in [0.4, 0.5) is 16.2 Å². The number of anilines is 2. The second kappa shape index (κ2) is 7.61. The highest BCUT2D eigenvalue weighted by atomic mass is 16.5. The third-order valence-electron chi connectivity index (χ3n) is 3.04. The molecule has 0 aliphatic carbocycles. The van der Waals surface area contributed by atoms with Crippen LogP contribution in [-0.4, -0.2) is 19.1 Å². The molecule has 0 aliphatic rings. The molecule has 0 saturated heterocycles. The molecule has 116 valence electrons. The number of benzene rings is 2. The average molecular weight is 309 g/mol. The second-order valence-corrected chi connectivity index (χ2v) is 4.68. The summed E-state index contributed by atoms with van der Waals surface area (Å²) in [7, 11) is 1.30. The number of amides is 2. The van der Waals surface area contributed by atoms with Crippen molar-refractivity contribution in [3.05, 3.63) is 59.7 Å². The number of methoxy groups -OCH3 is 1. The lowest BCUT2D eigenvalue weighted by atomic mass is 10.1. The van der Waals surface area contributed by atoms with Crippen molar-refractivity contribution in [1.82, 2.24) is 0 Å². The van der Waals surface area contributed by atoms with Gasteiger partial charge in [-0.25, -0.2) is 9.59 Å². The molecule has 23 heavy (non-hydrogen) atoms. The first-order chi connectivity index (χ1) is 11.1. The van der Waals surface area contributed by atoms with Gasteiger partial charge in [0.15, 0.2) is 0 Å². The van der Waals surface area contributed by atoms with Crippen LogP contribution in [-0.2, 0) is 11.2 Å². The molecule has 0 aliphatic heterocycles. The van der Waals surface area contributed by atoms with E-state index in [1.54, 1.807) is 42.5 Å². The molecule has 2 amide bonds. The van der Waals surface area contributed by atoms with Gasteiger partial charge in [0, 0.05) is 11.4 Å². The molecule has 2 N–H and O–H groups in total. The Hall–Kier alpha value is -3.33. The maximum atomic E-state index is 12.0. The Balaban J connectivity index is 1.99. The normalized spacial score (nSPS) is 9.57. The fourth-order valence-corrected chi connectivity index (χ4v) is 1.93. The van der Waals surface area contributed by atoms with Gasteiger partial charge < -0.3 is 15.4 Å². The minimum Gasteiger partial charge on any atom is -0.465 e. The van der Waals surface area contributed by atoms with Crippen molar-refractivity contribution in [3.63, 3.8) is 0 Å². The van der Waals surface area contributed by atoms with Gasteiger partial charge in [0.2, 0.25) is 0 Å². The van der Waals surface area contributed by atoms with E-state index in [-0.39, 0.29) is 0 Å². The first kappa shape index (κ1) is 16.0. The molecule has 6 nitrogen and oxygen atoms in total. The van der Waals surface area contributed by atoms with Crippen LogP contribution >= 0.6 is 0 Å². The van der Waals surface area contributed by atoms with Gasteiger partial charge in [0.05, 0.1) is 25.2 Å². The quantitative estimate of drug-likeness (QED) is 0.848. The first-order valence-electron chi connectivity index (χ1n) is 6.84. The number of hydrogen-bond donors (Lipinski definition) is 2. The summed E-state index contributed by atoms with van der Waals surface area (Å²) in [5, 5.41) is 13.9. The molecular weight excluding hydrogens is 294 g/mol. The zero-order chi connectivity index (χ0) is 16.7. The van der Waals surface area contributed by atoms with Gasteiger partial charge in [0.25, 0.3) is 0 Å². The molecule has 0 aromatic heterocycles. The Morgan fingerprint density at radius 2 is 1.78 bits per heavy atom.